The molecule has 1 saturated heterocycles. The van der Waals surface area contributed by atoms with Crippen molar-refractivity contribution in [3.63, 3.8) is 0 Å². The third-order valence-corrected chi connectivity index (χ3v) is 3.97. The first-order valence-corrected chi connectivity index (χ1v) is 6.65. The highest BCUT2D eigenvalue weighted by molar-refractivity contribution is 5.65. The molecule has 0 bridgehead atoms. The Bertz CT molecular complexity index is 445. The number of carbonyl (C=O) groups excluding carboxylic acids is 1. The lowest BCUT2D eigenvalue weighted by Crippen LogP contribution is -2.34. The molecule has 104 valence electrons. The number of nitrogens with zero attached hydrogens (tertiary/aromatic N) is 1. The van der Waals surface area contributed by atoms with Gasteiger partial charge in [-0.05, 0) is 12.5 Å². The van der Waals surface area contributed by atoms with E-state index in [0.717, 1.165) is 13.1 Å². The number of nitrogens with two attached hydrogens (primary N) is 1. The van der Waals surface area contributed by atoms with E-state index >= 15 is 0 Å². The monoisotopic (exact) mass is 262 g/mol. The zero-order valence-corrected chi connectivity index (χ0v) is 11.8. The number of primary amides is 1. The molecule has 4 nitrogen and oxygen atoms in total. The lowest BCUT2D eigenvalue weighted by molar-refractivity contribution is 0.0598. The topological polar surface area (TPSA) is 55.6 Å². The maximum atomic E-state index is 11.0. The van der Waals surface area contributed by atoms with Gasteiger partial charge in [0.1, 0.15) is 6.10 Å². The molecule has 1 heterocycles. The summed E-state index contributed by atoms with van der Waals surface area (Å²) in [6.07, 6.45) is -0.830. The first-order chi connectivity index (χ1) is 8.90. The molecule has 0 aliphatic carbocycles. The van der Waals surface area contributed by atoms with Gasteiger partial charge in [-0.25, -0.2) is 4.79 Å². The molecule has 0 saturated carbocycles. The van der Waals surface area contributed by atoms with E-state index in [-0.39, 0.29) is 11.5 Å². The van der Waals surface area contributed by atoms with Crippen molar-refractivity contribution >= 4 is 6.09 Å². The van der Waals surface area contributed by atoms with Crippen LogP contribution in [0.4, 0.5) is 4.79 Å². The SMILES string of the molecule is C[C@H](c1ccccc1)N1C[C@@H](OC(N)=O)C(C)(C)C1. The molecule has 2 rings (SSSR count). The van der Waals surface area contributed by atoms with Gasteiger partial charge in [-0.3, -0.25) is 4.90 Å². The molecule has 0 unspecified atom stereocenters. The molecular formula is C15H22N2O2. The molecule has 1 aliphatic rings. The van der Waals surface area contributed by atoms with Gasteiger partial charge in [-0.1, -0.05) is 44.2 Å². The summed E-state index contributed by atoms with van der Waals surface area (Å²) in [6.45, 7) is 8.02. The Hall–Kier alpha value is -1.55. The zero-order valence-electron chi connectivity index (χ0n) is 11.8. The van der Waals surface area contributed by atoms with E-state index in [0.29, 0.717) is 6.04 Å². The summed E-state index contributed by atoms with van der Waals surface area (Å²) in [5, 5.41) is 0. The molecule has 2 atom stereocenters. The van der Waals surface area contributed by atoms with Crippen LogP contribution in [-0.4, -0.2) is 30.2 Å². The third kappa shape index (κ3) is 3.07. The summed E-state index contributed by atoms with van der Waals surface area (Å²) in [6, 6.07) is 10.7. The van der Waals surface area contributed by atoms with Crippen molar-refractivity contribution in [2.75, 3.05) is 13.1 Å². The van der Waals surface area contributed by atoms with Gasteiger partial charge in [0, 0.05) is 24.5 Å². The van der Waals surface area contributed by atoms with Gasteiger partial charge in [-0.15, -0.1) is 0 Å². The van der Waals surface area contributed by atoms with Crippen LogP contribution in [0.15, 0.2) is 30.3 Å². The Morgan fingerprint density at radius 3 is 2.63 bits per heavy atom. The summed E-state index contributed by atoms with van der Waals surface area (Å²) in [5.41, 5.74) is 6.35. The van der Waals surface area contributed by atoms with E-state index in [1.807, 2.05) is 18.2 Å². The molecule has 4 heteroatoms. The smallest absolute Gasteiger partial charge is 0.404 e. The van der Waals surface area contributed by atoms with E-state index in [1.54, 1.807) is 0 Å². The Labute approximate surface area is 114 Å². The van der Waals surface area contributed by atoms with Gasteiger partial charge in [0.2, 0.25) is 0 Å². The van der Waals surface area contributed by atoms with Crippen LogP contribution in [0.25, 0.3) is 0 Å². The van der Waals surface area contributed by atoms with Gasteiger partial charge in [0.05, 0.1) is 0 Å². The molecule has 1 aromatic carbocycles. The summed E-state index contributed by atoms with van der Waals surface area (Å²) >= 11 is 0. The minimum atomic E-state index is -0.688. The van der Waals surface area contributed by atoms with Crippen LogP contribution in [0.2, 0.25) is 0 Å². The summed E-state index contributed by atoms with van der Waals surface area (Å²) in [7, 11) is 0. The highest BCUT2D eigenvalue weighted by Crippen LogP contribution is 2.36. The highest BCUT2D eigenvalue weighted by atomic mass is 16.6. The molecule has 1 amide bonds. The number of hydrogen-bond donors (Lipinski definition) is 1. The molecule has 1 aliphatic heterocycles. The van der Waals surface area contributed by atoms with Crippen LogP contribution in [0, 0.1) is 5.41 Å². The summed E-state index contributed by atoms with van der Waals surface area (Å²) in [5.74, 6) is 0. The predicted octanol–water partition coefficient (Wildman–Crippen LogP) is 2.55. The van der Waals surface area contributed by atoms with Crippen molar-refractivity contribution < 1.29 is 9.53 Å². The second-order valence-corrected chi connectivity index (χ2v) is 5.93. The molecule has 1 aromatic rings. The number of benzene rings is 1. The van der Waals surface area contributed by atoms with Crippen molar-refractivity contribution in [2.45, 2.75) is 32.9 Å². The molecule has 0 spiro atoms. The van der Waals surface area contributed by atoms with Gasteiger partial charge in [-0.2, -0.15) is 0 Å². The fourth-order valence-electron chi connectivity index (χ4n) is 2.72. The van der Waals surface area contributed by atoms with Crippen LogP contribution in [-0.2, 0) is 4.74 Å². The standard InChI is InChI=1S/C15H22N2O2/c1-11(12-7-5-4-6-8-12)17-9-13(19-14(16)18)15(2,3)10-17/h4-8,11,13H,9-10H2,1-3H3,(H2,16,18)/t11-,13-/m1/s1. The Kier molecular flexibility index (Phi) is 3.80. The zero-order chi connectivity index (χ0) is 14.0. The van der Waals surface area contributed by atoms with Gasteiger partial charge >= 0.3 is 6.09 Å². The van der Waals surface area contributed by atoms with E-state index in [4.69, 9.17) is 10.5 Å². The normalized spacial score (nSPS) is 24.1. The molecule has 19 heavy (non-hydrogen) atoms. The summed E-state index contributed by atoms with van der Waals surface area (Å²) in [4.78, 5) is 13.3. The van der Waals surface area contributed by atoms with Crippen LogP contribution in [0.1, 0.15) is 32.4 Å². The van der Waals surface area contributed by atoms with E-state index in [1.165, 1.54) is 5.56 Å². The quantitative estimate of drug-likeness (QED) is 0.910. The summed E-state index contributed by atoms with van der Waals surface area (Å²) < 4.78 is 5.24. The largest absolute Gasteiger partial charge is 0.444 e. The van der Waals surface area contributed by atoms with Crippen molar-refractivity contribution in [1.29, 1.82) is 0 Å². The fraction of sp³-hybridized carbons (Fsp3) is 0.533. The molecular weight excluding hydrogens is 240 g/mol. The lowest BCUT2D eigenvalue weighted by Gasteiger charge is -2.26. The van der Waals surface area contributed by atoms with Crippen molar-refractivity contribution in [3.8, 4) is 0 Å². The third-order valence-electron chi connectivity index (χ3n) is 3.97. The average molecular weight is 262 g/mol. The second-order valence-electron chi connectivity index (χ2n) is 5.93. The first-order valence-electron chi connectivity index (χ1n) is 6.65. The molecule has 0 aromatic heterocycles. The van der Waals surface area contributed by atoms with Gasteiger partial charge in [0.25, 0.3) is 0 Å². The second kappa shape index (κ2) is 5.21. The molecule has 1 fully saturated rings. The fourth-order valence-corrected chi connectivity index (χ4v) is 2.72. The van der Waals surface area contributed by atoms with E-state index in [2.05, 4.69) is 37.8 Å². The number of ether oxygens (including phenoxy) is 1. The van der Waals surface area contributed by atoms with Crippen LogP contribution in [0.5, 0.6) is 0 Å². The molecule has 2 N–H and O–H groups in total. The van der Waals surface area contributed by atoms with E-state index < -0.39 is 6.09 Å². The molecule has 0 radical (unpaired) electrons. The minimum absolute atomic E-state index is 0.0714. The van der Waals surface area contributed by atoms with Crippen molar-refractivity contribution in [2.24, 2.45) is 11.1 Å². The number of rotatable bonds is 3. The predicted molar refractivity (Wildman–Crippen MR) is 74.7 cm³/mol. The van der Waals surface area contributed by atoms with Gasteiger partial charge in [0.15, 0.2) is 0 Å². The first kappa shape index (κ1) is 13.9. The number of likely N-dealkylation sites (tertiary alicyclic amines) is 1. The van der Waals surface area contributed by atoms with E-state index in [9.17, 15) is 4.79 Å². The average Bonchev–Trinajstić information content (AvgIpc) is 2.64. The Morgan fingerprint density at radius 1 is 1.42 bits per heavy atom. The Morgan fingerprint density at radius 2 is 2.05 bits per heavy atom. The number of amides is 1. The maximum Gasteiger partial charge on any atom is 0.404 e. The van der Waals surface area contributed by atoms with Crippen LogP contribution >= 0.6 is 0 Å². The maximum absolute atomic E-state index is 11.0. The number of hydrogen-bond acceptors (Lipinski definition) is 3. The van der Waals surface area contributed by atoms with Crippen LogP contribution < -0.4 is 5.73 Å². The van der Waals surface area contributed by atoms with Crippen molar-refractivity contribution in [1.82, 2.24) is 4.90 Å². The lowest BCUT2D eigenvalue weighted by atomic mass is 9.90. The van der Waals surface area contributed by atoms with Crippen LogP contribution in [0.3, 0.4) is 0 Å². The highest BCUT2D eigenvalue weighted by Gasteiger charge is 2.43. The van der Waals surface area contributed by atoms with Gasteiger partial charge < -0.3 is 10.5 Å². The Balaban J connectivity index is 2.09. The van der Waals surface area contributed by atoms with Crippen molar-refractivity contribution in [3.05, 3.63) is 35.9 Å². The number of carbonyl (C=O) groups is 1. The minimum Gasteiger partial charge on any atom is -0.444 e.